The predicted molar refractivity (Wildman–Crippen MR) is 135 cm³/mol. The second-order valence-electron chi connectivity index (χ2n) is 7.77. The van der Waals surface area contributed by atoms with Gasteiger partial charge >= 0.3 is 0 Å². The van der Waals surface area contributed by atoms with Crippen molar-refractivity contribution in [2.45, 2.75) is 36.2 Å². The van der Waals surface area contributed by atoms with E-state index >= 15 is 0 Å². The molecule has 3 rings (SSSR count). The number of sulfonamides is 1. The molecular formula is C25H27ClN2O3S2. The van der Waals surface area contributed by atoms with E-state index in [4.69, 9.17) is 11.6 Å². The van der Waals surface area contributed by atoms with Crippen molar-refractivity contribution in [3.8, 4) is 0 Å². The van der Waals surface area contributed by atoms with Crippen LogP contribution in [-0.2, 0) is 21.4 Å². The lowest BCUT2D eigenvalue weighted by atomic mass is 10.1. The molecule has 0 fully saturated rings. The smallest absolute Gasteiger partial charge is 0.243 e. The molecule has 174 valence electrons. The van der Waals surface area contributed by atoms with Crippen LogP contribution in [0.25, 0.3) is 0 Å². The van der Waals surface area contributed by atoms with Crippen LogP contribution in [0.2, 0.25) is 5.02 Å². The highest BCUT2D eigenvalue weighted by Gasteiger charge is 2.27. The molecule has 0 bridgehead atoms. The Morgan fingerprint density at radius 2 is 1.61 bits per heavy atom. The molecule has 0 saturated carbocycles. The van der Waals surface area contributed by atoms with E-state index in [2.05, 4.69) is 5.32 Å². The zero-order valence-corrected chi connectivity index (χ0v) is 21.2. The molecule has 0 aliphatic rings. The number of aryl methyl sites for hydroxylation is 1. The molecule has 1 N–H and O–H groups in total. The van der Waals surface area contributed by atoms with Gasteiger partial charge in [-0.2, -0.15) is 4.31 Å². The van der Waals surface area contributed by atoms with Gasteiger partial charge in [0.2, 0.25) is 15.9 Å². The van der Waals surface area contributed by atoms with Gasteiger partial charge in [0, 0.05) is 16.5 Å². The van der Waals surface area contributed by atoms with Crippen molar-refractivity contribution in [2.24, 2.45) is 0 Å². The van der Waals surface area contributed by atoms with Crippen LogP contribution in [0.3, 0.4) is 0 Å². The Labute approximate surface area is 205 Å². The summed E-state index contributed by atoms with van der Waals surface area (Å²) in [7, 11) is -3.92. The second-order valence-corrected chi connectivity index (χ2v) is 11.0. The fourth-order valence-electron chi connectivity index (χ4n) is 3.30. The Morgan fingerprint density at radius 1 is 1.00 bits per heavy atom. The number of thioether (sulfide) groups is 1. The Kier molecular flexibility index (Phi) is 8.59. The number of amides is 1. The third-order valence-corrected chi connectivity index (χ3v) is 8.05. The molecule has 0 saturated heterocycles. The number of nitrogens with zero attached hydrogens (tertiary/aromatic N) is 1. The highest BCUT2D eigenvalue weighted by molar-refractivity contribution is 7.98. The average molecular weight is 503 g/mol. The van der Waals surface area contributed by atoms with Gasteiger partial charge in [0.05, 0.1) is 17.5 Å². The second kappa shape index (κ2) is 11.2. The number of nitrogens with one attached hydrogen (secondary N) is 1. The van der Waals surface area contributed by atoms with Crippen LogP contribution in [0.1, 0.15) is 29.7 Å². The van der Waals surface area contributed by atoms with Crippen LogP contribution in [0.15, 0.2) is 82.6 Å². The molecule has 0 aromatic heterocycles. The van der Waals surface area contributed by atoms with E-state index in [0.29, 0.717) is 5.02 Å². The van der Waals surface area contributed by atoms with Crippen molar-refractivity contribution in [1.82, 2.24) is 9.62 Å². The first-order chi connectivity index (χ1) is 15.7. The maximum atomic E-state index is 13.4. The molecule has 3 aromatic rings. The Bertz CT molecular complexity index is 1180. The lowest BCUT2D eigenvalue weighted by molar-refractivity contribution is -0.122. The minimum atomic E-state index is -3.92. The van der Waals surface area contributed by atoms with Gasteiger partial charge < -0.3 is 5.32 Å². The van der Waals surface area contributed by atoms with Gasteiger partial charge in [0.25, 0.3) is 0 Å². The summed E-state index contributed by atoms with van der Waals surface area (Å²) in [6.45, 7) is 3.62. The van der Waals surface area contributed by atoms with E-state index in [1.165, 1.54) is 28.6 Å². The number of rotatable bonds is 9. The topological polar surface area (TPSA) is 66.5 Å². The number of hydrogen-bond acceptors (Lipinski definition) is 4. The summed E-state index contributed by atoms with van der Waals surface area (Å²) >= 11 is 7.58. The van der Waals surface area contributed by atoms with Crippen molar-refractivity contribution in [3.05, 3.63) is 94.5 Å². The van der Waals surface area contributed by atoms with E-state index < -0.39 is 10.0 Å². The van der Waals surface area contributed by atoms with Gasteiger partial charge in [-0.05, 0) is 67.6 Å². The van der Waals surface area contributed by atoms with Crippen LogP contribution >= 0.6 is 23.4 Å². The molecule has 5 nitrogen and oxygen atoms in total. The van der Waals surface area contributed by atoms with Gasteiger partial charge in [-0.3, -0.25) is 4.79 Å². The highest BCUT2D eigenvalue weighted by atomic mass is 35.5. The normalized spacial score (nSPS) is 12.5. The Morgan fingerprint density at radius 3 is 2.18 bits per heavy atom. The Balaban J connectivity index is 1.81. The molecule has 0 aliphatic heterocycles. The molecule has 0 unspecified atom stereocenters. The third kappa shape index (κ3) is 6.84. The van der Waals surface area contributed by atoms with E-state index in [0.717, 1.165) is 21.6 Å². The fourth-order valence-corrected chi connectivity index (χ4v) is 5.22. The largest absolute Gasteiger partial charge is 0.348 e. The molecule has 0 spiro atoms. The summed E-state index contributed by atoms with van der Waals surface area (Å²) in [6, 6.07) is 21.2. The van der Waals surface area contributed by atoms with Crippen molar-refractivity contribution in [2.75, 3.05) is 12.8 Å². The molecule has 33 heavy (non-hydrogen) atoms. The van der Waals surface area contributed by atoms with Gasteiger partial charge in [-0.25, -0.2) is 8.42 Å². The standard InChI is InChI=1S/C25H27ClN2O3S2/c1-18-4-6-20(7-5-18)16-28(33(30,31)24-14-10-22(26)11-15-24)17-25(29)27-19(2)21-8-12-23(32-3)13-9-21/h4-15,19H,16-17H2,1-3H3,(H,27,29)/t19-/m0/s1. The molecule has 0 heterocycles. The summed E-state index contributed by atoms with van der Waals surface area (Å²) in [5.74, 6) is -0.374. The first-order valence-electron chi connectivity index (χ1n) is 10.4. The molecular weight excluding hydrogens is 476 g/mol. The number of halogens is 1. The molecule has 3 aromatic carbocycles. The molecule has 1 amide bonds. The van der Waals surface area contributed by atoms with Crippen molar-refractivity contribution in [3.63, 3.8) is 0 Å². The van der Waals surface area contributed by atoms with Crippen LogP contribution in [0.4, 0.5) is 0 Å². The maximum absolute atomic E-state index is 13.4. The van der Waals surface area contributed by atoms with Crippen LogP contribution < -0.4 is 5.32 Å². The van der Waals surface area contributed by atoms with Gasteiger partial charge in [-0.1, -0.05) is 53.6 Å². The van der Waals surface area contributed by atoms with E-state index in [1.54, 1.807) is 11.8 Å². The number of benzene rings is 3. The summed E-state index contributed by atoms with van der Waals surface area (Å²) in [6.07, 6.45) is 2.00. The molecule has 0 radical (unpaired) electrons. The lowest BCUT2D eigenvalue weighted by Crippen LogP contribution is -2.41. The maximum Gasteiger partial charge on any atom is 0.243 e. The summed E-state index contributed by atoms with van der Waals surface area (Å²) in [5.41, 5.74) is 2.82. The zero-order valence-electron chi connectivity index (χ0n) is 18.8. The zero-order chi connectivity index (χ0) is 24.0. The summed E-state index contributed by atoms with van der Waals surface area (Å²) in [5, 5.41) is 3.36. The summed E-state index contributed by atoms with van der Waals surface area (Å²) in [4.78, 5) is 14.1. The Hall–Kier alpha value is -2.32. The SMILES string of the molecule is CSc1ccc([C@H](C)NC(=O)CN(Cc2ccc(C)cc2)S(=O)(=O)c2ccc(Cl)cc2)cc1. The van der Waals surface area contributed by atoms with Crippen molar-refractivity contribution < 1.29 is 13.2 Å². The van der Waals surface area contributed by atoms with Crippen molar-refractivity contribution >= 4 is 39.3 Å². The average Bonchev–Trinajstić information content (AvgIpc) is 2.80. The van der Waals surface area contributed by atoms with Gasteiger partial charge in [0.15, 0.2) is 0 Å². The first-order valence-corrected chi connectivity index (χ1v) is 13.5. The lowest BCUT2D eigenvalue weighted by Gasteiger charge is -2.23. The van der Waals surface area contributed by atoms with Gasteiger partial charge in [0.1, 0.15) is 0 Å². The van der Waals surface area contributed by atoms with Crippen LogP contribution in [0, 0.1) is 6.92 Å². The first kappa shape index (κ1) is 25.3. The third-order valence-electron chi connectivity index (χ3n) is 5.24. The predicted octanol–water partition coefficient (Wildman–Crippen LogP) is 5.44. The van der Waals surface area contributed by atoms with E-state index in [9.17, 15) is 13.2 Å². The van der Waals surface area contributed by atoms with E-state index in [-0.39, 0.29) is 29.9 Å². The quantitative estimate of drug-likeness (QED) is 0.396. The van der Waals surface area contributed by atoms with Gasteiger partial charge in [-0.15, -0.1) is 11.8 Å². The van der Waals surface area contributed by atoms with Crippen LogP contribution in [-0.4, -0.2) is 31.4 Å². The highest BCUT2D eigenvalue weighted by Crippen LogP contribution is 2.22. The number of carbonyl (C=O) groups is 1. The number of hydrogen-bond donors (Lipinski definition) is 1. The summed E-state index contributed by atoms with van der Waals surface area (Å²) < 4.78 is 27.9. The molecule has 1 atom stereocenters. The van der Waals surface area contributed by atoms with Crippen LogP contribution in [0.5, 0.6) is 0 Å². The number of carbonyl (C=O) groups excluding carboxylic acids is 1. The minimum absolute atomic E-state index is 0.0788. The monoisotopic (exact) mass is 502 g/mol. The molecule has 0 aliphatic carbocycles. The van der Waals surface area contributed by atoms with Crippen molar-refractivity contribution in [1.29, 1.82) is 0 Å². The van der Waals surface area contributed by atoms with E-state index in [1.807, 2.05) is 68.6 Å². The fraction of sp³-hybridized carbons (Fsp3) is 0.240. The minimum Gasteiger partial charge on any atom is -0.348 e. The molecule has 8 heteroatoms.